The van der Waals surface area contributed by atoms with Crippen molar-refractivity contribution in [3.05, 3.63) is 59.9 Å². The molecule has 0 bridgehead atoms. The summed E-state index contributed by atoms with van der Waals surface area (Å²) in [5.41, 5.74) is 4.43. The third-order valence-corrected chi connectivity index (χ3v) is 5.76. The van der Waals surface area contributed by atoms with Crippen molar-refractivity contribution in [2.24, 2.45) is 0 Å². The van der Waals surface area contributed by atoms with Gasteiger partial charge >= 0.3 is 0 Å². The van der Waals surface area contributed by atoms with Gasteiger partial charge < -0.3 is 9.88 Å². The third kappa shape index (κ3) is 5.93. The second-order valence-corrected chi connectivity index (χ2v) is 8.04. The smallest absolute Gasteiger partial charge is 0.123 e. The molecule has 1 N–H and O–H groups in total. The lowest BCUT2D eigenvalue weighted by Gasteiger charge is -2.22. The van der Waals surface area contributed by atoms with Gasteiger partial charge in [0.15, 0.2) is 0 Å². The molecule has 2 nitrogen and oxygen atoms in total. The minimum absolute atomic E-state index is 0.187. The molecule has 0 unspecified atom stereocenters. The molecule has 0 radical (unpaired) electrons. The number of unbranched alkanes of at least 4 members (excludes halogenated alkanes) is 4. The van der Waals surface area contributed by atoms with E-state index in [2.05, 4.69) is 48.0 Å². The van der Waals surface area contributed by atoms with Gasteiger partial charge in [-0.05, 0) is 56.1 Å². The Morgan fingerprint density at radius 1 is 0.828 bits per heavy atom. The predicted octanol–water partition coefficient (Wildman–Crippen LogP) is 7.20. The number of fused-ring (bicyclic) bond motifs is 1. The first-order valence-corrected chi connectivity index (χ1v) is 11.3. The molecule has 0 amide bonds. The van der Waals surface area contributed by atoms with Crippen molar-refractivity contribution >= 4 is 10.9 Å². The summed E-state index contributed by atoms with van der Waals surface area (Å²) in [6, 6.07) is 15.4. The second kappa shape index (κ2) is 11.2. The van der Waals surface area contributed by atoms with Crippen LogP contribution in [0.25, 0.3) is 22.2 Å². The Bertz CT molecular complexity index is 873. The minimum Gasteiger partial charge on any atom is -0.354 e. The van der Waals surface area contributed by atoms with Gasteiger partial charge in [-0.1, -0.05) is 69.9 Å². The number of H-pyrrole nitrogens is 1. The van der Waals surface area contributed by atoms with Crippen molar-refractivity contribution in [2.75, 3.05) is 19.6 Å². The Morgan fingerprint density at radius 2 is 1.55 bits per heavy atom. The standard InChI is InChI=1S/C26H35FN2/c1-3-5-9-17-29(18-10-6-4-2)19-16-24-23-14-7-8-15-25(23)28-26(24)21-12-11-13-22(27)20-21/h7-8,11-15,20,28H,3-6,9-10,16-19H2,1-2H3. The van der Waals surface area contributed by atoms with E-state index < -0.39 is 0 Å². The molecule has 0 aliphatic carbocycles. The van der Waals surface area contributed by atoms with Crippen LogP contribution in [0, 0.1) is 5.82 Å². The fourth-order valence-corrected chi connectivity index (χ4v) is 4.13. The number of rotatable bonds is 12. The molecule has 0 aliphatic rings. The quantitative estimate of drug-likeness (QED) is 0.322. The SMILES string of the molecule is CCCCCN(CCCCC)CCc1c(-c2cccc(F)c2)[nH]c2ccccc12. The van der Waals surface area contributed by atoms with E-state index in [0.717, 1.165) is 29.7 Å². The van der Waals surface area contributed by atoms with Crippen LogP contribution in [0.5, 0.6) is 0 Å². The average molecular weight is 395 g/mol. The lowest BCUT2D eigenvalue weighted by atomic mass is 10.0. The largest absolute Gasteiger partial charge is 0.354 e. The Balaban J connectivity index is 1.82. The molecule has 156 valence electrons. The van der Waals surface area contributed by atoms with Crippen LogP contribution in [0.3, 0.4) is 0 Å². The monoisotopic (exact) mass is 394 g/mol. The summed E-state index contributed by atoms with van der Waals surface area (Å²) in [5.74, 6) is -0.187. The molecule has 29 heavy (non-hydrogen) atoms. The van der Waals surface area contributed by atoms with E-state index in [1.54, 1.807) is 12.1 Å². The highest BCUT2D eigenvalue weighted by Gasteiger charge is 2.15. The topological polar surface area (TPSA) is 19.0 Å². The van der Waals surface area contributed by atoms with Crippen LogP contribution in [0.1, 0.15) is 57.9 Å². The van der Waals surface area contributed by atoms with Gasteiger partial charge in [0.2, 0.25) is 0 Å². The van der Waals surface area contributed by atoms with Crippen LogP contribution in [0.4, 0.5) is 4.39 Å². The van der Waals surface area contributed by atoms with Crippen LogP contribution in [0.15, 0.2) is 48.5 Å². The molecule has 3 heteroatoms. The first kappa shape index (κ1) is 21.6. The molecular weight excluding hydrogens is 359 g/mol. The maximum absolute atomic E-state index is 13.9. The van der Waals surface area contributed by atoms with E-state index in [-0.39, 0.29) is 5.82 Å². The second-order valence-electron chi connectivity index (χ2n) is 8.04. The van der Waals surface area contributed by atoms with Crippen molar-refractivity contribution in [3.63, 3.8) is 0 Å². The van der Waals surface area contributed by atoms with Gasteiger partial charge in [0.05, 0.1) is 0 Å². The van der Waals surface area contributed by atoms with Gasteiger partial charge in [0.1, 0.15) is 5.82 Å². The Morgan fingerprint density at radius 3 is 2.24 bits per heavy atom. The molecule has 2 aromatic carbocycles. The fourth-order valence-electron chi connectivity index (χ4n) is 4.13. The number of para-hydroxylation sites is 1. The summed E-state index contributed by atoms with van der Waals surface area (Å²) in [5, 5.41) is 1.26. The van der Waals surface area contributed by atoms with E-state index in [1.807, 2.05) is 6.07 Å². The summed E-state index contributed by atoms with van der Waals surface area (Å²) in [4.78, 5) is 6.18. The number of halogens is 1. The molecule has 1 aromatic heterocycles. The van der Waals surface area contributed by atoms with Crippen LogP contribution >= 0.6 is 0 Å². The first-order chi connectivity index (χ1) is 14.2. The number of aromatic nitrogens is 1. The van der Waals surface area contributed by atoms with Gasteiger partial charge in [0, 0.05) is 28.7 Å². The number of aromatic amines is 1. The zero-order chi connectivity index (χ0) is 20.5. The van der Waals surface area contributed by atoms with Crippen LogP contribution in [0.2, 0.25) is 0 Å². The zero-order valence-corrected chi connectivity index (χ0v) is 18.0. The Hall–Kier alpha value is -2.13. The van der Waals surface area contributed by atoms with Crippen LogP contribution < -0.4 is 0 Å². The van der Waals surface area contributed by atoms with Crippen molar-refractivity contribution in [2.45, 2.75) is 58.8 Å². The van der Waals surface area contributed by atoms with Gasteiger partial charge in [0.25, 0.3) is 0 Å². The maximum Gasteiger partial charge on any atom is 0.123 e. The van der Waals surface area contributed by atoms with Gasteiger partial charge in [-0.3, -0.25) is 0 Å². The highest BCUT2D eigenvalue weighted by molar-refractivity contribution is 5.90. The minimum atomic E-state index is -0.187. The Labute approximate surface area is 175 Å². The number of hydrogen-bond acceptors (Lipinski definition) is 1. The van der Waals surface area contributed by atoms with E-state index in [1.165, 1.54) is 68.6 Å². The maximum atomic E-state index is 13.9. The predicted molar refractivity (Wildman–Crippen MR) is 123 cm³/mol. The summed E-state index contributed by atoms with van der Waals surface area (Å²) in [6.45, 7) is 7.93. The van der Waals surface area contributed by atoms with Gasteiger partial charge in [-0.25, -0.2) is 4.39 Å². The molecule has 1 heterocycles. The van der Waals surface area contributed by atoms with E-state index >= 15 is 0 Å². The van der Waals surface area contributed by atoms with E-state index in [0.29, 0.717) is 0 Å². The van der Waals surface area contributed by atoms with Crippen molar-refractivity contribution < 1.29 is 4.39 Å². The summed E-state index contributed by atoms with van der Waals surface area (Å²) >= 11 is 0. The Kier molecular flexibility index (Phi) is 8.30. The lowest BCUT2D eigenvalue weighted by Crippen LogP contribution is -2.28. The van der Waals surface area contributed by atoms with Crippen LogP contribution in [-0.4, -0.2) is 29.5 Å². The lowest BCUT2D eigenvalue weighted by molar-refractivity contribution is 0.265. The summed E-state index contributed by atoms with van der Waals surface area (Å²) < 4.78 is 13.9. The molecule has 0 spiro atoms. The number of nitrogens with zero attached hydrogens (tertiary/aromatic N) is 1. The van der Waals surface area contributed by atoms with Gasteiger partial charge in [-0.2, -0.15) is 0 Å². The van der Waals surface area contributed by atoms with Crippen LogP contribution in [-0.2, 0) is 6.42 Å². The highest BCUT2D eigenvalue weighted by atomic mass is 19.1. The van der Waals surface area contributed by atoms with Crippen molar-refractivity contribution in [3.8, 4) is 11.3 Å². The third-order valence-electron chi connectivity index (χ3n) is 5.76. The molecule has 3 aromatic rings. The average Bonchev–Trinajstić information content (AvgIpc) is 3.10. The normalized spacial score (nSPS) is 11.6. The van der Waals surface area contributed by atoms with Crippen molar-refractivity contribution in [1.29, 1.82) is 0 Å². The van der Waals surface area contributed by atoms with Crippen molar-refractivity contribution in [1.82, 2.24) is 9.88 Å². The molecule has 0 saturated carbocycles. The number of benzene rings is 2. The van der Waals surface area contributed by atoms with E-state index in [9.17, 15) is 4.39 Å². The van der Waals surface area contributed by atoms with Gasteiger partial charge in [-0.15, -0.1) is 0 Å². The molecule has 3 rings (SSSR count). The molecule has 0 atom stereocenters. The summed E-state index contributed by atoms with van der Waals surface area (Å²) in [7, 11) is 0. The highest BCUT2D eigenvalue weighted by Crippen LogP contribution is 2.31. The van der Waals surface area contributed by atoms with E-state index in [4.69, 9.17) is 0 Å². The first-order valence-electron chi connectivity index (χ1n) is 11.3. The zero-order valence-electron chi connectivity index (χ0n) is 18.0. The fraction of sp³-hybridized carbons (Fsp3) is 0.462. The molecule has 0 saturated heterocycles. The molecule has 0 fully saturated rings. The summed E-state index contributed by atoms with van der Waals surface area (Å²) in [6.07, 6.45) is 8.64. The molecule has 0 aliphatic heterocycles. The number of nitrogens with one attached hydrogen (secondary N) is 1. The number of hydrogen-bond donors (Lipinski definition) is 1. The molecular formula is C26H35FN2.